The Morgan fingerprint density at radius 1 is 1.12 bits per heavy atom. The van der Waals surface area contributed by atoms with Crippen LogP contribution in [0.4, 0.5) is 0 Å². The van der Waals surface area contributed by atoms with Gasteiger partial charge in [-0.2, -0.15) is 4.89 Å². The number of fused-ring (bicyclic) bond motifs is 2. The van der Waals surface area contributed by atoms with E-state index in [4.69, 9.17) is 19.2 Å². The molecule has 9 atom stereocenters. The molecule has 5 aliphatic rings. The molecule has 0 aromatic heterocycles. The quantitative estimate of drug-likeness (QED) is 0.376. The fourth-order valence-corrected chi connectivity index (χ4v) is 7.98. The summed E-state index contributed by atoms with van der Waals surface area (Å²) in [7, 11) is 0. The number of aliphatic hydroxyl groups is 2. The molecule has 0 aromatic rings. The van der Waals surface area contributed by atoms with Crippen LogP contribution in [-0.2, 0) is 28.8 Å². The topological polar surface area (TPSA) is 112 Å². The molecule has 0 unspecified atom stereocenters. The Kier molecular flexibility index (Phi) is 4.44. The highest BCUT2D eigenvalue weighted by Crippen LogP contribution is 2.74. The van der Waals surface area contributed by atoms with Crippen molar-refractivity contribution >= 4 is 11.9 Å². The van der Waals surface area contributed by atoms with Gasteiger partial charge in [0.2, 0.25) is 5.79 Å². The zero-order valence-corrected chi connectivity index (χ0v) is 19.2. The van der Waals surface area contributed by atoms with Crippen molar-refractivity contribution < 1.29 is 39.1 Å². The lowest BCUT2D eigenvalue weighted by molar-refractivity contribution is -0.405. The lowest BCUT2D eigenvalue weighted by atomic mass is 9.41. The highest BCUT2D eigenvalue weighted by Gasteiger charge is 2.83. The summed E-state index contributed by atoms with van der Waals surface area (Å²) in [4.78, 5) is 35.9. The maximum Gasteiger partial charge on any atom is 0.303 e. The van der Waals surface area contributed by atoms with E-state index in [0.717, 1.165) is 12.0 Å². The second-order valence-corrected chi connectivity index (χ2v) is 11.1. The van der Waals surface area contributed by atoms with Crippen molar-refractivity contribution in [1.29, 1.82) is 0 Å². The van der Waals surface area contributed by atoms with Crippen LogP contribution in [0.2, 0.25) is 0 Å². The number of ether oxygens (including phenoxy) is 2. The predicted molar refractivity (Wildman–Crippen MR) is 110 cm³/mol. The second-order valence-electron chi connectivity index (χ2n) is 11.1. The molecular weight excluding hydrogens is 416 g/mol. The first-order valence-electron chi connectivity index (χ1n) is 11.3. The van der Waals surface area contributed by atoms with Crippen LogP contribution in [0.3, 0.4) is 0 Å². The summed E-state index contributed by atoms with van der Waals surface area (Å²) < 4.78 is 11.7. The average molecular weight is 449 g/mol. The van der Waals surface area contributed by atoms with Crippen LogP contribution in [0.5, 0.6) is 0 Å². The molecule has 32 heavy (non-hydrogen) atoms. The molecule has 2 N–H and O–H groups in total. The van der Waals surface area contributed by atoms with Gasteiger partial charge < -0.3 is 19.7 Å². The standard InChI is InChI=1S/C24H32O8/c1-11-15-9-14-10-16(29-12(2)25)19-21(4,5)8-7-17(30-13(3)26)22(19,6)23(14)20(18(15)27)24(11,28)32-31-23/h10,15-20,27-28H,1,7-9H2,2-6H3/t15-,16-,17+,18-,19-,20+,22-,23-,24+/m1/s1. The molecule has 0 amide bonds. The van der Waals surface area contributed by atoms with Crippen LogP contribution in [-0.4, -0.2) is 51.9 Å². The minimum absolute atomic E-state index is 0.329. The molecule has 1 spiro atoms. The Bertz CT molecular complexity index is 938. The number of rotatable bonds is 2. The van der Waals surface area contributed by atoms with E-state index in [9.17, 15) is 19.8 Å². The van der Waals surface area contributed by atoms with E-state index in [2.05, 4.69) is 20.4 Å². The smallest absolute Gasteiger partial charge is 0.303 e. The maximum absolute atomic E-state index is 12.1. The van der Waals surface area contributed by atoms with Gasteiger partial charge in [0, 0.05) is 31.1 Å². The van der Waals surface area contributed by atoms with Crippen LogP contribution in [0.15, 0.2) is 23.8 Å². The predicted octanol–water partition coefficient (Wildman–Crippen LogP) is 2.19. The summed E-state index contributed by atoms with van der Waals surface area (Å²) in [6.07, 6.45) is 1.49. The summed E-state index contributed by atoms with van der Waals surface area (Å²) in [5.41, 5.74) is -1.39. The van der Waals surface area contributed by atoms with Crippen LogP contribution in [0.1, 0.15) is 53.9 Å². The van der Waals surface area contributed by atoms with E-state index in [0.29, 0.717) is 18.4 Å². The fraction of sp³-hybridized carbons (Fsp3) is 0.750. The minimum atomic E-state index is -1.84. The molecule has 1 saturated heterocycles. The van der Waals surface area contributed by atoms with Crippen LogP contribution in [0, 0.1) is 28.6 Å². The highest BCUT2D eigenvalue weighted by atomic mass is 17.2. The van der Waals surface area contributed by atoms with E-state index in [-0.39, 0.29) is 11.3 Å². The first kappa shape index (κ1) is 22.1. The van der Waals surface area contributed by atoms with Gasteiger partial charge in [-0.05, 0) is 41.9 Å². The SMILES string of the molecule is C=C1[C@H]2CC3=C[C@@H](OC(C)=O)[C@@H]4C(C)(C)CC[C@H](OC(C)=O)[C@@]4(C)[C@@]34OO[C@]1(O)[C@H]4[C@@H]2O. The Balaban J connectivity index is 1.79. The molecule has 4 fully saturated rings. The summed E-state index contributed by atoms with van der Waals surface area (Å²) in [6, 6.07) is 0. The zero-order valence-electron chi connectivity index (χ0n) is 19.2. The first-order chi connectivity index (χ1) is 14.8. The van der Waals surface area contributed by atoms with E-state index >= 15 is 0 Å². The van der Waals surface area contributed by atoms with Gasteiger partial charge in [0.05, 0.1) is 12.0 Å². The van der Waals surface area contributed by atoms with Crippen molar-refractivity contribution in [3.63, 3.8) is 0 Å². The van der Waals surface area contributed by atoms with Crippen LogP contribution in [0.25, 0.3) is 0 Å². The van der Waals surface area contributed by atoms with Gasteiger partial charge in [0.25, 0.3) is 0 Å². The highest BCUT2D eigenvalue weighted by molar-refractivity contribution is 5.67. The van der Waals surface area contributed by atoms with Crippen molar-refractivity contribution in [3.8, 4) is 0 Å². The van der Waals surface area contributed by atoms with Crippen molar-refractivity contribution in [2.24, 2.45) is 28.6 Å². The normalized spacial score (nSPS) is 50.2. The van der Waals surface area contributed by atoms with Gasteiger partial charge in [-0.1, -0.05) is 27.4 Å². The number of carbonyl (C=O) groups is 2. The third-order valence-corrected chi connectivity index (χ3v) is 9.05. The van der Waals surface area contributed by atoms with E-state index in [1.54, 1.807) is 0 Å². The van der Waals surface area contributed by atoms with Crippen molar-refractivity contribution in [2.75, 3.05) is 0 Å². The number of hydrogen-bond acceptors (Lipinski definition) is 8. The number of esters is 2. The zero-order chi connectivity index (χ0) is 23.4. The second kappa shape index (κ2) is 6.44. The molecule has 8 heteroatoms. The molecule has 5 rings (SSSR count). The number of carbonyl (C=O) groups excluding carboxylic acids is 2. The molecule has 1 heterocycles. The molecular formula is C24H32O8. The number of aliphatic hydroxyl groups excluding tert-OH is 1. The Labute approximate surface area is 187 Å². The Morgan fingerprint density at radius 3 is 2.41 bits per heavy atom. The van der Waals surface area contributed by atoms with Gasteiger partial charge in [-0.15, -0.1) is 0 Å². The van der Waals surface area contributed by atoms with Crippen LogP contribution < -0.4 is 0 Å². The largest absolute Gasteiger partial charge is 0.462 e. The maximum atomic E-state index is 12.1. The van der Waals surface area contributed by atoms with E-state index < -0.39 is 58.9 Å². The molecule has 1 aliphatic heterocycles. The summed E-state index contributed by atoms with van der Waals surface area (Å²) in [6.45, 7) is 12.9. The molecule has 2 bridgehead atoms. The third-order valence-electron chi connectivity index (χ3n) is 9.05. The molecule has 0 aromatic carbocycles. The summed E-state index contributed by atoms with van der Waals surface area (Å²) in [5, 5.41) is 22.7. The van der Waals surface area contributed by atoms with Crippen LogP contribution >= 0.6 is 0 Å². The van der Waals surface area contributed by atoms with Gasteiger partial charge in [0.15, 0.2) is 0 Å². The molecule has 176 valence electrons. The van der Waals surface area contributed by atoms with Crippen molar-refractivity contribution in [2.45, 2.75) is 83.6 Å². The third kappa shape index (κ3) is 2.36. The lowest BCUT2D eigenvalue weighted by Crippen LogP contribution is -2.73. The molecule has 3 saturated carbocycles. The van der Waals surface area contributed by atoms with E-state index in [1.165, 1.54) is 13.8 Å². The average Bonchev–Trinajstić information content (AvgIpc) is 3.05. The first-order valence-corrected chi connectivity index (χ1v) is 11.3. The van der Waals surface area contributed by atoms with Gasteiger partial charge in [0.1, 0.15) is 17.8 Å². The lowest BCUT2D eigenvalue weighted by Gasteiger charge is -2.65. The van der Waals surface area contributed by atoms with Gasteiger partial charge in [-0.3, -0.25) is 9.59 Å². The minimum Gasteiger partial charge on any atom is -0.462 e. The fourth-order valence-electron chi connectivity index (χ4n) is 7.98. The molecule has 4 aliphatic carbocycles. The summed E-state index contributed by atoms with van der Waals surface area (Å²) in [5.74, 6) is -4.25. The van der Waals surface area contributed by atoms with E-state index in [1.807, 2.05) is 13.0 Å². The molecule has 8 nitrogen and oxygen atoms in total. The van der Waals surface area contributed by atoms with Crippen molar-refractivity contribution in [3.05, 3.63) is 23.8 Å². The van der Waals surface area contributed by atoms with Gasteiger partial charge >= 0.3 is 11.9 Å². The number of hydrogen-bond donors (Lipinski definition) is 2. The van der Waals surface area contributed by atoms with Gasteiger partial charge in [-0.25, -0.2) is 4.89 Å². The Hall–Kier alpha value is -1.74. The van der Waals surface area contributed by atoms with Crippen molar-refractivity contribution in [1.82, 2.24) is 0 Å². The Morgan fingerprint density at radius 2 is 1.78 bits per heavy atom. The monoisotopic (exact) mass is 448 g/mol. The summed E-state index contributed by atoms with van der Waals surface area (Å²) >= 11 is 0. The molecule has 0 radical (unpaired) electrons.